The van der Waals surface area contributed by atoms with Crippen LogP contribution in [0.1, 0.15) is 12.0 Å². The highest BCUT2D eigenvalue weighted by atomic mass is 19.4. The Balaban J connectivity index is 2.79. The lowest BCUT2D eigenvalue weighted by Gasteiger charge is -2.11. The quantitative estimate of drug-likeness (QED) is 0.817. The van der Waals surface area contributed by atoms with Gasteiger partial charge in [0.1, 0.15) is 0 Å². The van der Waals surface area contributed by atoms with Gasteiger partial charge in [-0.25, -0.2) is 0 Å². The second kappa shape index (κ2) is 5.44. The van der Waals surface area contributed by atoms with Crippen molar-refractivity contribution in [2.45, 2.75) is 12.8 Å². The molecule has 1 rings (SSSR count). The smallest absolute Gasteiger partial charge is 0.481 e. The van der Waals surface area contributed by atoms with Gasteiger partial charge in [-0.05, 0) is 17.7 Å². The van der Waals surface area contributed by atoms with E-state index in [-0.39, 0.29) is 12.1 Å². The summed E-state index contributed by atoms with van der Waals surface area (Å²) in [6.07, 6.45) is -2.17. The average Bonchev–Trinajstić information content (AvgIpc) is 2.19. The molecule has 0 spiro atoms. The lowest BCUT2D eigenvalue weighted by atomic mass is 10.1. The SMILES string of the molecule is Nc1cc(C=CCC(=O)O)ccc1OC(F)(F)F. The predicted octanol–water partition coefficient (Wildman–Crippen LogP) is 2.66. The number of aliphatic carboxylic acids is 1. The fraction of sp³-hybridized carbons (Fsp3) is 0.182. The summed E-state index contributed by atoms with van der Waals surface area (Å²) in [4.78, 5) is 10.2. The molecule has 0 fully saturated rings. The molecule has 0 unspecified atom stereocenters. The minimum absolute atomic E-state index is 0.176. The van der Waals surface area contributed by atoms with Crippen molar-refractivity contribution < 1.29 is 27.8 Å². The number of halogens is 3. The molecule has 1 aromatic carbocycles. The van der Waals surface area contributed by atoms with Gasteiger partial charge in [0, 0.05) is 0 Å². The van der Waals surface area contributed by atoms with Crippen LogP contribution in [0.4, 0.5) is 18.9 Å². The Morgan fingerprint density at radius 2 is 2.11 bits per heavy atom. The normalized spacial score (nSPS) is 11.7. The van der Waals surface area contributed by atoms with E-state index in [0.717, 1.165) is 6.07 Å². The van der Waals surface area contributed by atoms with Crippen LogP contribution < -0.4 is 10.5 Å². The van der Waals surface area contributed by atoms with Crippen LogP contribution in [0.25, 0.3) is 6.08 Å². The lowest BCUT2D eigenvalue weighted by Crippen LogP contribution is -2.18. The zero-order chi connectivity index (χ0) is 13.8. The van der Waals surface area contributed by atoms with Crippen molar-refractivity contribution in [3.05, 3.63) is 29.8 Å². The zero-order valence-corrected chi connectivity index (χ0v) is 9.07. The number of ether oxygens (including phenoxy) is 1. The molecule has 0 heterocycles. The van der Waals surface area contributed by atoms with Crippen molar-refractivity contribution in [2.24, 2.45) is 0 Å². The number of anilines is 1. The minimum atomic E-state index is -4.80. The van der Waals surface area contributed by atoms with Crippen molar-refractivity contribution in [3.8, 4) is 5.75 Å². The van der Waals surface area contributed by atoms with Gasteiger partial charge in [-0.1, -0.05) is 18.2 Å². The summed E-state index contributed by atoms with van der Waals surface area (Å²) in [6, 6.07) is 3.68. The Bertz CT molecular complexity index is 469. The molecule has 4 nitrogen and oxygen atoms in total. The van der Waals surface area contributed by atoms with Crippen molar-refractivity contribution in [2.75, 3.05) is 5.73 Å². The van der Waals surface area contributed by atoms with E-state index in [1.807, 2.05) is 0 Å². The standard InChI is InChI=1S/C11H10F3NO3/c12-11(13,14)18-9-5-4-7(6-8(9)15)2-1-3-10(16)17/h1-2,4-6H,3,15H2,(H,16,17). The van der Waals surface area contributed by atoms with Gasteiger partial charge in [-0.3, -0.25) is 4.79 Å². The largest absolute Gasteiger partial charge is 0.573 e. The van der Waals surface area contributed by atoms with Gasteiger partial charge in [0.05, 0.1) is 12.1 Å². The van der Waals surface area contributed by atoms with E-state index < -0.39 is 18.1 Å². The van der Waals surface area contributed by atoms with E-state index in [4.69, 9.17) is 10.8 Å². The molecular formula is C11H10F3NO3. The maximum atomic E-state index is 12.0. The Morgan fingerprint density at radius 1 is 1.44 bits per heavy atom. The Kier molecular flexibility index (Phi) is 4.19. The van der Waals surface area contributed by atoms with Crippen LogP contribution in [0.3, 0.4) is 0 Å². The Morgan fingerprint density at radius 3 is 2.61 bits per heavy atom. The highest BCUT2D eigenvalue weighted by molar-refractivity contribution is 5.71. The summed E-state index contributed by atoms with van der Waals surface area (Å²) in [5.41, 5.74) is 5.70. The van der Waals surface area contributed by atoms with E-state index >= 15 is 0 Å². The van der Waals surface area contributed by atoms with Crippen molar-refractivity contribution in [3.63, 3.8) is 0 Å². The van der Waals surface area contributed by atoms with Gasteiger partial charge in [-0.15, -0.1) is 13.2 Å². The van der Waals surface area contributed by atoms with Crippen LogP contribution in [-0.4, -0.2) is 17.4 Å². The number of carboxylic acids is 1. The maximum Gasteiger partial charge on any atom is 0.573 e. The summed E-state index contributed by atoms with van der Waals surface area (Å²) in [6.45, 7) is 0. The van der Waals surface area contributed by atoms with E-state index in [2.05, 4.69) is 4.74 Å². The number of carboxylic acid groups (broad SMARTS) is 1. The lowest BCUT2D eigenvalue weighted by molar-refractivity contribution is -0.274. The molecule has 0 aliphatic carbocycles. The first kappa shape index (κ1) is 13.9. The molecule has 0 aliphatic rings. The van der Waals surface area contributed by atoms with Gasteiger partial charge in [-0.2, -0.15) is 0 Å². The fourth-order valence-electron chi connectivity index (χ4n) is 1.18. The molecule has 0 aliphatic heterocycles. The van der Waals surface area contributed by atoms with Gasteiger partial charge in [0.2, 0.25) is 0 Å². The second-order valence-electron chi connectivity index (χ2n) is 3.35. The van der Waals surface area contributed by atoms with E-state index in [1.165, 1.54) is 24.3 Å². The molecule has 7 heteroatoms. The van der Waals surface area contributed by atoms with Gasteiger partial charge in [0.15, 0.2) is 5.75 Å². The molecule has 0 bridgehead atoms. The number of rotatable bonds is 4. The third kappa shape index (κ3) is 4.77. The first-order valence-electron chi connectivity index (χ1n) is 4.81. The van der Waals surface area contributed by atoms with Crippen molar-refractivity contribution in [1.29, 1.82) is 0 Å². The third-order valence-corrected chi connectivity index (χ3v) is 1.86. The first-order valence-corrected chi connectivity index (χ1v) is 4.81. The molecule has 3 N–H and O–H groups in total. The second-order valence-corrected chi connectivity index (χ2v) is 3.35. The highest BCUT2D eigenvalue weighted by Crippen LogP contribution is 2.29. The number of carbonyl (C=O) groups is 1. The summed E-state index contributed by atoms with van der Waals surface area (Å²) in [5.74, 6) is -1.49. The van der Waals surface area contributed by atoms with Gasteiger partial charge < -0.3 is 15.6 Å². The molecular weight excluding hydrogens is 251 g/mol. The van der Waals surface area contributed by atoms with Crippen LogP contribution in [0, 0.1) is 0 Å². The van der Waals surface area contributed by atoms with Crippen LogP contribution in [0.2, 0.25) is 0 Å². The fourth-order valence-corrected chi connectivity index (χ4v) is 1.18. The Hall–Kier alpha value is -2.18. The van der Waals surface area contributed by atoms with Crippen LogP contribution in [0.5, 0.6) is 5.75 Å². The molecule has 18 heavy (non-hydrogen) atoms. The third-order valence-electron chi connectivity index (χ3n) is 1.86. The van der Waals surface area contributed by atoms with Crippen LogP contribution in [-0.2, 0) is 4.79 Å². The zero-order valence-electron chi connectivity index (χ0n) is 9.07. The maximum absolute atomic E-state index is 12.0. The van der Waals surface area contributed by atoms with E-state index in [1.54, 1.807) is 0 Å². The topological polar surface area (TPSA) is 72.6 Å². The number of benzene rings is 1. The Labute approximate surface area is 100 Å². The van der Waals surface area contributed by atoms with Gasteiger partial charge in [0.25, 0.3) is 0 Å². The minimum Gasteiger partial charge on any atom is -0.481 e. The molecule has 1 aromatic rings. The summed E-state index contributed by atoms with van der Waals surface area (Å²) in [5, 5.41) is 8.40. The molecule has 0 saturated carbocycles. The highest BCUT2D eigenvalue weighted by Gasteiger charge is 2.31. The molecule has 98 valence electrons. The molecule has 0 atom stereocenters. The summed E-state index contributed by atoms with van der Waals surface area (Å²) in [7, 11) is 0. The van der Waals surface area contributed by atoms with Crippen molar-refractivity contribution >= 4 is 17.7 Å². The number of nitrogen functional groups attached to an aromatic ring is 1. The molecule has 0 amide bonds. The van der Waals surface area contributed by atoms with E-state index in [9.17, 15) is 18.0 Å². The van der Waals surface area contributed by atoms with Crippen LogP contribution in [0.15, 0.2) is 24.3 Å². The van der Waals surface area contributed by atoms with E-state index in [0.29, 0.717) is 5.56 Å². The number of nitrogens with two attached hydrogens (primary N) is 1. The van der Waals surface area contributed by atoms with Crippen LogP contribution >= 0.6 is 0 Å². The predicted molar refractivity (Wildman–Crippen MR) is 58.8 cm³/mol. The molecule has 0 radical (unpaired) electrons. The molecule has 0 aromatic heterocycles. The molecule has 0 saturated heterocycles. The van der Waals surface area contributed by atoms with Gasteiger partial charge >= 0.3 is 12.3 Å². The number of alkyl halides is 3. The summed E-state index contributed by atoms with van der Waals surface area (Å²) >= 11 is 0. The summed E-state index contributed by atoms with van der Waals surface area (Å²) < 4.78 is 39.6. The number of hydrogen-bond donors (Lipinski definition) is 2. The monoisotopic (exact) mass is 261 g/mol. The number of hydrogen-bond acceptors (Lipinski definition) is 3. The first-order chi connectivity index (χ1) is 8.28. The van der Waals surface area contributed by atoms with Crippen molar-refractivity contribution in [1.82, 2.24) is 0 Å². The average molecular weight is 261 g/mol.